The van der Waals surface area contributed by atoms with Gasteiger partial charge >= 0.3 is 0 Å². The number of rotatable bonds is 10. The van der Waals surface area contributed by atoms with Crippen molar-refractivity contribution in [2.75, 3.05) is 13.1 Å². The van der Waals surface area contributed by atoms with Crippen LogP contribution in [0, 0.1) is 0 Å². The Morgan fingerprint density at radius 1 is 0.833 bits per heavy atom. The van der Waals surface area contributed by atoms with Gasteiger partial charge in [0.25, 0.3) is 0 Å². The number of carbonyl (C=O) groups excluding carboxylic acids is 2. The third kappa shape index (κ3) is 5.61. The molecule has 2 unspecified atom stereocenters. The second-order valence-electron chi connectivity index (χ2n) is 7.23. The van der Waals surface area contributed by atoms with E-state index in [2.05, 4.69) is 10.6 Å². The summed E-state index contributed by atoms with van der Waals surface area (Å²) in [5.74, 6) is -1.03. The fraction of sp³-hybridized carbons (Fsp3) is 0.273. The van der Waals surface area contributed by atoms with Gasteiger partial charge in [0.05, 0.1) is 0 Å². The Hall–Kier alpha value is -2.38. The Balaban J connectivity index is 2.01. The van der Waals surface area contributed by atoms with Gasteiger partial charge in [0, 0.05) is 23.1 Å². The van der Waals surface area contributed by atoms with Crippen molar-refractivity contribution in [2.45, 2.75) is 24.9 Å². The first-order chi connectivity index (χ1) is 14.1. The zero-order chi connectivity index (χ0) is 22.4. The molecule has 160 valence electrons. The molecule has 0 fully saturated rings. The van der Waals surface area contributed by atoms with Crippen LogP contribution in [0.25, 0.3) is 0 Å². The Kier molecular flexibility index (Phi) is 8.03. The topological polar surface area (TPSA) is 110 Å². The number of amides is 2. The smallest absolute Gasteiger partial charge is 0.242 e. The molecule has 2 aromatic rings. The van der Waals surface area contributed by atoms with E-state index in [4.69, 9.17) is 34.7 Å². The summed E-state index contributed by atoms with van der Waals surface area (Å²) >= 11 is 12.1. The summed E-state index contributed by atoms with van der Waals surface area (Å²) in [6.07, 6.45) is 3.66. The maximum Gasteiger partial charge on any atom is 0.242 e. The molecule has 0 saturated heterocycles. The predicted octanol–water partition coefficient (Wildman–Crippen LogP) is 2.83. The van der Waals surface area contributed by atoms with Gasteiger partial charge < -0.3 is 11.5 Å². The van der Waals surface area contributed by atoms with Gasteiger partial charge in [0.15, 0.2) is 0 Å². The van der Waals surface area contributed by atoms with Crippen molar-refractivity contribution in [3.8, 4) is 0 Å². The Labute approximate surface area is 186 Å². The summed E-state index contributed by atoms with van der Waals surface area (Å²) in [6, 6.07) is 14.0. The highest BCUT2D eigenvalue weighted by Crippen LogP contribution is 2.24. The average molecular weight is 449 g/mol. The van der Waals surface area contributed by atoms with E-state index >= 15 is 0 Å². The molecule has 0 spiro atoms. The van der Waals surface area contributed by atoms with Crippen LogP contribution in [0.5, 0.6) is 0 Å². The highest BCUT2D eigenvalue weighted by atomic mass is 35.5. The zero-order valence-electron chi connectivity index (χ0n) is 16.9. The fourth-order valence-electron chi connectivity index (χ4n) is 2.95. The van der Waals surface area contributed by atoms with Gasteiger partial charge in [-0.05, 0) is 49.2 Å². The monoisotopic (exact) mass is 448 g/mol. The molecular weight excluding hydrogens is 423 g/mol. The number of halogens is 2. The van der Waals surface area contributed by atoms with Crippen LogP contribution in [-0.2, 0) is 20.7 Å². The lowest BCUT2D eigenvalue weighted by molar-refractivity contribution is -0.124. The molecule has 0 aliphatic carbocycles. The number of primary amides is 2. The summed E-state index contributed by atoms with van der Waals surface area (Å²) < 4.78 is 0. The molecule has 8 heteroatoms. The number of nitrogens with one attached hydrogen (secondary N) is 2. The lowest BCUT2D eigenvalue weighted by Gasteiger charge is -2.28. The predicted molar refractivity (Wildman–Crippen MR) is 121 cm³/mol. The van der Waals surface area contributed by atoms with Crippen molar-refractivity contribution in [1.82, 2.24) is 10.6 Å². The third-order valence-electron chi connectivity index (χ3n) is 5.10. The van der Waals surface area contributed by atoms with Gasteiger partial charge in [0.1, 0.15) is 11.1 Å². The number of hydrogen-bond acceptors (Lipinski definition) is 4. The molecule has 30 heavy (non-hydrogen) atoms. The van der Waals surface area contributed by atoms with E-state index < -0.39 is 22.9 Å². The number of hydrogen-bond donors (Lipinski definition) is 4. The van der Waals surface area contributed by atoms with Crippen LogP contribution < -0.4 is 22.1 Å². The SMILES string of the molecule is CC(NC/C=C/CNC(C)(C(N)=O)c1cccc(Cl)c1)(C(N)=O)c1cccc(Cl)c1. The minimum atomic E-state index is -1.08. The minimum absolute atomic E-state index is 0.373. The molecule has 0 bridgehead atoms. The second-order valence-corrected chi connectivity index (χ2v) is 8.11. The van der Waals surface area contributed by atoms with Crippen LogP contribution in [0.3, 0.4) is 0 Å². The molecule has 0 saturated carbocycles. The van der Waals surface area contributed by atoms with Crippen molar-refractivity contribution < 1.29 is 9.59 Å². The third-order valence-corrected chi connectivity index (χ3v) is 5.57. The molecule has 2 rings (SSSR count). The van der Waals surface area contributed by atoms with E-state index in [9.17, 15) is 9.59 Å². The maximum atomic E-state index is 12.1. The Morgan fingerprint density at radius 3 is 1.50 bits per heavy atom. The van der Waals surface area contributed by atoms with Crippen LogP contribution in [0.4, 0.5) is 0 Å². The summed E-state index contributed by atoms with van der Waals surface area (Å²) in [7, 11) is 0. The van der Waals surface area contributed by atoms with Crippen LogP contribution >= 0.6 is 23.2 Å². The van der Waals surface area contributed by atoms with Crippen molar-refractivity contribution in [1.29, 1.82) is 0 Å². The molecule has 2 atom stereocenters. The summed E-state index contributed by atoms with van der Waals surface area (Å²) in [5, 5.41) is 7.33. The van der Waals surface area contributed by atoms with Gasteiger partial charge in [-0.2, -0.15) is 0 Å². The normalized spacial score (nSPS) is 15.5. The zero-order valence-corrected chi connectivity index (χ0v) is 18.4. The standard InChI is InChI=1S/C22H26Cl2N4O2/c1-21(19(25)29,15-7-5-9-17(23)13-15)27-11-3-4-12-28-22(2,20(26)30)16-8-6-10-18(24)14-16/h3-10,13-14,27-28H,11-12H2,1-2H3,(H2,25,29)(H2,26,30)/b4-3+. The first-order valence-corrected chi connectivity index (χ1v) is 10.1. The van der Waals surface area contributed by atoms with Crippen molar-refractivity contribution in [3.05, 3.63) is 81.9 Å². The summed E-state index contributed by atoms with van der Waals surface area (Å²) in [4.78, 5) is 24.1. The first kappa shape index (κ1) is 23.9. The summed E-state index contributed by atoms with van der Waals surface area (Å²) in [6.45, 7) is 4.16. The van der Waals surface area contributed by atoms with Gasteiger partial charge in [-0.1, -0.05) is 59.6 Å². The fourth-order valence-corrected chi connectivity index (χ4v) is 3.34. The lowest BCUT2D eigenvalue weighted by Crippen LogP contribution is -2.51. The van der Waals surface area contributed by atoms with Crippen molar-refractivity contribution in [3.63, 3.8) is 0 Å². The molecule has 0 aliphatic heterocycles. The van der Waals surface area contributed by atoms with Crippen LogP contribution in [0.1, 0.15) is 25.0 Å². The molecule has 6 N–H and O–H groups in total. The highest BCUT2D eigenvalue weighted by Gasteiger charge is 2.33. The van der Waals surface area contributed by atoms with E-state index in [0.29, 0.717) is 34.3 Å². The molecule has 0 aliphatic rings. The molecule has 2 aromatic carbocycles. The van der Waals surface area contributed by atoms with E-state index in [0.717, 1.165) is 0 Å². The quantitative estimate of drug-likeness (QED) is 0.418. The van der Waals surface area contributed by atoms with Gasteiger partial charge in [-0.3, -0.25) is 20.2 Å². The summed E-state index contributed by atoms with van der Waals surface area (Å²) in [5.41, 5.74) is 10.4. The minimum Gasteiger partial charge on any atom is -0.368 e. The van der Waals surface area contributed by atoms with Gasteiger partial charge in [-0.25, -0.2) is 0 Å². The van der Waals surface area contributed by atoms with Crippen molar-refractivity contribution in [2.24, 2.45) is 11.5 Å². The van der Waals surface area contributed by atoms with Crippen molar-refractivity contribution >= 4 is 35.0 Å². The molecule has 0 heterocycles. The van der Waals surface area contributed by atoms with Crippen LogP contribution in [-0.4, -0.2) is 24.9 Å². The number of benzene rings is 2. The van der Waals surface area contributed by atoms with E-state index in [1.54, 1.807) is 62.4 Å². The van der Waals surface area contributed by atoms with Crippen LogP contribution in [0.15, 0.2) is 60.7 Å². The van der Waals surface area contributed by atoms with E-state index in [1.807, 2.05) is 12.2 Å². The molecule has 0 aromatic heterocycles. The van der Waals surface area contributed by atoms with E-state index in [1.165, 1.54) is 0 Å². The molecule has 6 nitrogen and oxygen atoms in total. The number of nitrogens with two attached hydrogens (primary N) is 2. The van der Waals surface area contributed by atoms with Gasteiger partial charge in [-0.15, -0.1) is 0 Å². The molecular formula is C22H26Cl2N4O2. The largest absolute Gasteiger partial charge is 0.368 e. The number of carbonyl (C=O) groups is 2. The first-order valence-electron chi connectivity index (χ1n) is 9.36. The lowest BCUT2D eigenvalue weighted by atomic mass is 9.91. The molecule has 2 amide bonds. The Morgan fingerprint density at radius 2 is 1.20 bits per heavy atom. The Bertz CT molecular complexity index is 875. The maximum absolute atomic E-state index is 12.1. The average Bonchev–Trinajstić information content (AvgIpc) is 2.69. The second kappa shape index (κ2) is 10.1. The van der Waals surface area contributed by atoms with E-state index in [-0.39, 0.29) is 0 Å². The highest BCUT2D eigenvalue weighted by molar-refractivity contribution is 6.31. The van der Waals surface area contributed by atoms with Crippen LogP contribution in [0.2, 0.25) is 10.0 Å². The van der Waals surface area contributed by atoms with Gasteiger partial charge in [0.2, 0.25) is 11.8 Å². The molecule has 0 radical (unpaired) electrons.